The molecule has 0 aromatic carbocycles. The van der Waals surface area contributed by atoms with E-state index in [1.807, 2.05) is 0 Å². The Morgan fingerprint density at radius 2 is 1.53 bits per heavy atom. The van der Waals surface area contributed by atoms with Crippen LogP contribution in [0.3, 0.4) is 0 Å². The van der Waals surface area contributed by atoms with E-state index in [9.17, 15) is 26.7 Å². The van der Waals surface area contributed by atoms with E-state index >= 15 is 0 Å². The Bertz CT molecular complexity index is 335. The fourth-order valence-electron chi connectivity index (χ4n) is 2.29. The Morgan fingerprint density at radius 1 is 1.06 bits per heavy atom. The van der Waals surface area contributed by atoms with Crippen LogP contribution in [0.4, 0.5) is 22.0 Å². The van der Waals surface area contributed by atoms with Crippen LogP contribution in [-0.2, 0) is 4.79 Å². The first-order valence-corrected chi connectivity index (χ1v) is 5.08. The van der Waals surface area contributed by atoms with Gasteiger partial charge < -0.3 is 5.11 Å². The topological polar surface area (TPSA) is 37.3 Å². The molecule has 1 saturated carbocycles. The Kier molecular flexibility index (Phi) is 3.78. The maximum absolute atomic E-state index is 12.6. The minimum Gasteiger partial charge on any atom is -0.481 e. The predicted octanol–water partition coefficient (Wildman–Crippen LogP) is 3.73. The molecule has 1 aliphatic rings. The molecule has 0 aromatic rings. The highest BCUT2D eigenvalue weighted by Gasteiger charge is 2.56. The molecular formula is C10H11F5O2. The summed E-state index contributed by atoms with van der Waals surface area (Å²) in [6.07, 6.45) is -8.06. The lowest BCUT2D eigenvalue weighted by atomic mass is 9.69. The monoisotopic (exact) mass is 258 g/mol. The summed E-state index contributed by atoms with van der Waals surface area (Å²) in [5, 5.41) is 8.90. The summed E-state index contributed by atoms with van der Waals surface area (Å²) in [4.78, 5) is 11.0. The van der Waals surface area contributed by atoms with Gasteiger partial charge in [0.25, 0.3) is 6.08 Å². The van der Waals surface area contributed by atoms with Crippen molar-refractivity contribution < 1.29 is 31.9 Å². The second-order valence-electron chi connectivity index (χ2n) is 4.08. The molecule has 1 rings (SSSR count). The van der Waals surface area contributed by atoms with Gasteiger partial charge >= 0.3 is 12.1 Å². The smallest absolute Gasteiger partial charge is 0.418 e. The number of carbonyl (C=O) groups is 1. The van der Waals surface area contributed by atoms with Gasteiger partial charge in [-0.3, -0.25) is 4.79 Å². The fourth-order valence-corrected chi connectivity index (χ4v) is 2.29. The van der Waals surface area contributed by atoms with Crippen molar-refractivity contribution in [1.82, 2.24) is 0 Å². The molecule has 0 aliphatic heterocycles. The van der Waals surface area contributed by atoms with Crippen molar-refractivity contribution in [3.8, 4) is 0 Å². The number of aliphatic carboxylic acids is 1. The molecule has 1 aliphatic carbocycles. The molecule has 0 saturated heterocycles. The number of carboxylic acid groups (broad SMARTS) is 1. The van der Waals surface area contributed by atoms with Crippen molar-refractivity contribution in [2.24, 2.45) is 5.41 Å². The van der Waals surface area contributed by atoms with Crippen LogP contribution in [-0.4, -0.2) is 17.3 Å². The summed E-state index contributed by atoms with van der Waals surface area (Å²) in [5.74, 6) is -1.82. The van der Waals surface area contributed by atoms with Crippen LogP contribution in [0.15, 0.2) is 11.7 Å². The first-order valence-electron chi connectivity index (χ1n) is 5.08. The minimum atomic E-state index is -5.31. The van der Waals surface area contributed by atoms with Crippen LogP contribution in [0.2, 0.25) is 0 Å². The average Bonchev–Trinajstić information content (AvgIpc) is 2.15. The molecule has 0 bridgehead atoms. The Balaban J connectivity index is 3.30. The van der Waals surface area contributed by atoms with E-state index in [-0.39, 0.29) is 12.8 Å². The van der Waals surface area contributed by atoms with Gasteiger partial charge in [0.15, 0.2) is 0 Å². The zero-order chi connectivity index (χ0) is 13.3. The minimum absolute atomic E-state index is 0.208. The van der Waals surface area contributed by atoms with Crippen molar-refractivity contribution in [2.45, 2.75) is 38.3 Å². The van der Waals surface area contributed by atoms with E-state index < -0.39 is 42.1 Å². The fraction of sp³-hybridized carbons (Fsp3) is 0.700. The average molecular weight is 258 g/mol. The molecule has 0 unspecified atom stereocenters. The van der Waals surface area contributed by atoms with E-state index in [1.54, 1.807) is 0 Å². The highest BCUT2D eigenvalue weighted by molar-refractivity contribution is 5.79. The van der Waals surface area contributed by atoms with Gasteiger partial charge in [0.05, 0.1) is 0 Å². The number of carboxylic acids is 1. The maximum atomic E-state index is 12.6. The number of rotatable bonds is 2. The third-order valence-corrected chi connectivity index (χ3v) is 3.07. The molecule has 98 valence electrons. The first-order chi connectivity index (χ1) is 7.72. The second-order valence-corrected chi connectivity index (χ2v) is 4.08. The van der Waals surface area contributed by atoms with Gasteiger partial charge in [0.1, 0.15) is 11.0 Å². The lowest BCUT2D eigenvalue weighted by molar-refractivity contribution is -0.159. The molecule has 17 heavy (non-hydrogen) atoms. The van der Waals surface area contributed by atoms with Crippen molar-refractivity contribution in [3.05, 3.63) is 11.7 Å². The van der Waals surface area contributed by atoms with Gasteiger partial charge in [-0.2, -0.15) is 22.0 Å². The quantitative estimate of drug-likeness (QED) is 0.766. The second kappa shape index (κ2) is 4.62. The van der Waals surface area contributed by atoms with Gasteiger partial charge in [0, 0.05) is 0 Å². The summed E-state index contributed by atoms with van der Waals surface area (Å²) in [6.45, 7) is 0. The molecule has 1 fully saturated rings. The van der Waals surface area contributed by atoms with Gasteiger partial charge in [-0.15, -0.1) is 0 Å². The molecule has 7 heteroatoms. The number of alkyl halides is 3. The van der Waals surface area contributed by atoms with Crippen LogP contribution in [0.1, 0.15) is 32.1 Å². The normalized spacial score (nSPS) is 19.8. The lowest BCUT2D eigenvalue weighted by Gasteiger charge is -2.35. The van der Waals surface area contributed by atoms with Crippen molar-refractivity contribution in [1.29, 1.82) is 0 Å². The van der Waals surface area contributed by atoms with E-state index in [0.29, 0.717) is 6.42 Å². The number of halogens is 5. The highest BCUT2D eigenvalue weighted by Crippen LogP contribution is 2.50. The highest BCUT2D eigenvalue weighted by atomic mass is 19.4. The van der Waals surface area contributed by atoms with Gasteiger partial charge in [-0.1, -0.05) is 19.3 Å². The predicted molar refractivity (Wildman–Crippen MR) is 48.5 cm³/mol. The molecule has 0 spiro atoms. The van der Waals surface area contributed by atoms with Crippen LogP contribution in [0, 0.1) is 5.41 Å². The largest absolute Gasteiger partial charge is 0.481 e. The van der Waals surface area contributed by atoms with Crippen molar-refractivity contribution in [2.75, 3.05) is 0 Å². The Hall–Kier alpha value is -1.14. The summed E-state index contributed by atoms with van der Waals surface area (Å²) in [7, 11) is 0. The van der Waals surface area contributed by atoms with E-state index in [4.69, 9.17) is 5.11 Å². The lowest BCUT2D eigenvalue weighted by Crippen LogP contribution is -2.41. The summed E-state index contributed by atoms with van der Waals surface area (Å²) in [5.41, 5.74) is -4.66. The molecule has 2 nitrogen and oxygen atoms in total. The van der Waals surface area contributed by atoms with Crippen LogP contribution < -0.4 is 0 Å². The van der Waals surface area contributed by atoms with Crippen molar-refractivity contribution >= 4 is 5.97 Å². The van der Waals surface area contributed by atoms with Crippen LogP contribution >= 0.6 is 0 Å². The SMILES string of the molecule is O=C(O)C1(C(=C(F)F)C(F)(F)F)CCCCC1. The zero-order valence-electron chi connectivity index (χ0n) is 8.78. The van der Waals surface area contributed by atoms with E-state index in [2.05, 4.69) is 0 Å². The zero-order valence-corrected chi connectivity index (χ0v) is 8.78. The molecule has 0 atom stereocenters. The van der Waals surface area contributed by atoms with Gasteiger partial charge in [0.2, 0.25) is 0 Å². The first kappa shape index (κ1) is 13.9. The maximum Gasteiger partial charge on any atom is 0.418 e. The van der Waals surface area contributed by atoms with E-state index in [1.165, 1.54) is 0 Å². The van der Waals surface area contributed by atoms with E-state index in [0.717, 1.165) is 0 Å². The Labute approximate surface area is 94.1 Å². The molecular weight excluding hydrogens is 247 g/mol. The molecule has 0 aromatic heterocycles. The molecule has 0 radical (unpaired) electrons. The third kappa shape index (κ3) is 2.58. The molecule has 1 N–H and O–H groups in total. The van der Waals surface area contributed by atoms with Crippen molar-refractivity contribution in [3.63, 3.8) is 0 Å². The number of hydrogen-bond acceptors (Lipinski definition) is 1. The van der Waals surface area contributed by atoms with Gasteiger partial charge in [-0.05, 0) is 12.8 Å². The number of hydrogen-bond donors (Lipinski definition) is 1. The van der Waals surface area contributed by atoms with Crippen LogP contribution in [0.25, 0.3) is 0 Å². The molecule has 0 amide bonds. The summed E-state index contributed by atoms with van der Waals surface area (Å²) < 4.78 is 62.6. The molecule has 0 heterocycles. The Morgan fingerprint density at radius 3 is 1.82 bits per heavy atom. The summed E-state index contributed by atoms with van der Waals surface area (Å²) >= 11 is 0. The third-order valence-electron chi connectivity index (χ3n) is 3.07. The van der Waals surface area contributed by atoms with Crippen LogP contribution in [0.5, 0.6) is 0 Å². The standard InChI is InChI=1S/C10H11F5O2/c11-7(12)6(10(13,14)15)9(8(16)17)4-2-1-3-5-9/h1-5H2,(H,16,17). The van der Waals surface area contributed by atoms with Gasteiger partial charge in [-0.25, -0.2) is 0 Å². The summed E-state index contributed by atoms with van der Waals surface area (Å²) in [6, 6.07) is 0.